The summed E-state index contributed by atoms with van der Waals surface area (Å²) in [5.41, 5.74) is 0.164. The number of ether oxygens (including phenoxy) is 1. The minimum absolute atomic E-state index is 0.164. The van der Waals surface area contributed by atoms with E-state index in [4.69, 9.17) is 0 Å². The molecule has 12 heavy (non-hydrogen) atoms. The molecule has 1 N–H and O–H groups in total. The molecule has 0 unspecified atom stereocenters. The van der Waals surface area contributed by atoms with Crippen LogP contribution >= 0.6 is 11.8 Å². The van der Waals surface area contributed by atoms with E-state index in [1.807, 2.05) is 0 Å². The lowest BCUT2D eigenvalue weighted by Gasteiger charge is -2.06. The molecule has 0 bridgehead atoms. The summed E-state index contributed by atoms with van der Waals surface area (Å²) in [5.74, 6) is -0.499. The average Bonchev–Trinajstić information content (AvgIpc) is 2.03. The fourth-order valence-corrected chi connectivity index (χ4v) is 0.856. The lowest BCUT2D eigenvalue weighted by Crippen LogP contribution is -2.18. The van der Waals surface area contributed by atoms with Crippen LogP contribution in [-0.4, -0.2) is 13.1 Å². The van der Waals surface area contributed by atoms with Gasteiger partial charge in [-0.3, -0.25) is 0 Å². The van der Waals surface area contributed by atoms with E-state index < -0.39 is 5.97 Å². The Morgan fingerprint density at radius 1 is 1.58 bits per heavy atom. The highest BCUT2D eigenvalue weighted by Crippen LogP contribution is 2.11. The van der Waals surface area contributed by atoms with Gasteiger partial charge in [0.1, 0.15) is 5.70 Å². The average molecular weight is 185 g/mol. The molecule has 4 heteroatoms. The summed E-state index contributed by atoms with van der Waals surface area (Å²) >= 11 is 1.28. The molecule has 0 aliphatic heterocycles. The summed E-state index contributed by atoms with van der Waals surface area (Å²) in [6.45, 7) is 10.6. The Balaban J connectivity index is 3.92. The van der Waals surface area contributed by atoms with Gasteiger partial charge < -0.3 is 10.1 Å². The zero-order chi connectivity index (χ0) is 9.56. The standard InChI is InChI=1S/C8H11NO2S/c1-5-12-7(3)9-6(2)8(10)11-4/h5,9H,1-3H2,4H3. The first kappa shape index (κ1) is 10.8. The molecule has 0 spiro atoms. The number of carbonyl (C=O) groups excluding carboxylic acids is 1. The largest absolute Gasteiger partial charge is 0.464 e. The molecule has 3 nitrogen and oxygen atoms in total. The summed E-state index contributed by atoms with van der Waals surface area (Å²) in [7, 11) is 1.29. The molecule has 0 aromatic rings. The molecule has 0 amide bonds. The molecule has 0 heterocycles. The van der Waals surface area contributed by atoms with Crippen molar-refractivity contribution in [1.29, 1.82) is 0 Å². The van der Waals surface area contributed by atoms with E-state index >= 15 is 0 Å². The van der Waals surface area contributed by atoms with Crippen LogP contribution in [-0.2, 0) is 9.53 Å². The zero-order valence-electron chi connectivity index (χ0n) is 6.92. The molecule has 0 saturated heterocycles. The van der Waals surface area contributed by atoms with Gasteiger partial charge in [-0.15, -0.1) is 0 Å². The van der Waals surface area contributed by atoms with Crippen molar-refractivity contribution in [3.8, 4) is 0 Å². The molecule has 0 aliphatic carbocycles. The van der Waals surface area contributed by atoms with E-state index in [9.17, 15) is 4.79 Å². The smallest absolute Gasteiger partial charge is 0.353 e. The molecule has 66 valence electrons. The second-order valence-corrected chi connectivity index (χ2v) is 2.86. The van der Waals surface area contributed by atoms with Gasteiger partial charge in [0.2, 0.25) is 0 Å². The Morgan fingerprint density at radius 3 is 2.58 bits per heavy atom. The van der Waals surface area contributed by atoms with Crippen molar-refractivity contribution in [3.63, 3.8) is 0 Å². The molecule has 0 aromatic heterocycles. The SMILES string of the molecule is C=CSC(=C)NC(=C)C(=O)OC. The second kappa shape index (κ2) is 5.49. The van der Waals surface area contributed by atoms with Crippen molar-refractivity contribution in [3.05, 3.63) is 35.9 Å². The Morgan fingerprint density at radius 2 is 2.17 bits per heavy atom. The molecule has 0 rings (SSSR count). The van der Waals surface area contributed by atoms with E-state index in [-0.39, 0.29) is 5.70 Å². The van der Waals surface area contributed by atoms with Crippen molar-refractivity contribution in [2.45, 2.75) is 0 Å². The Hall–Kier alpha value is -1.16. The molecule has 0 saturated carbocycles. The number of rotatable bonds is 5. The van der Waals surface area contributed by atoms with E-state index in [1.54, 1.807) is 5.41 Å². The van der Waals surface area contributed by atoms with Crippen molar-refractivity contribution in [2.24, 2.45) is 0 Å². The fraction of sp³-hybridized carbons (Fsp3) is 0.125. The lowest BCUT2D eigenvalue weighted by atomic mass is 10.5. The highest BCUT2D eigenvalue weighted by atomic mass is 32.2. The summed E-state index contributed by atoms with van der Waals surface area (Å²) in [6, 6.07) is 0. The maximum absolute atomic E-state index is 10.8. The summed E-state index contributed by atoms with van der Waals surface area (Å²) in [5, 5.41) is 4.84. The van der Waals surface area contributed by atoms with Crippen LogP contribution in [0.4, 0.5) is 0 Å². The third-order valence-corrected chi connectivity index (χ3v) is 1.50. The predicted octanol–water partition coefficient (Wildman–Crippen LogP) is 1.61. The molecular weight excluding hydrogens is 174 g/mol. The van der Waals surface area contributed by atoms with Crippen LogP contribution < -0.4 is 5.32 Å². The highest BCUT2D eigenvalue weighted by Gasteiger charge is 2.05. The van der Waals surface area contributed by atoms with Crippen LogP contribution in [0.2, 0.25) is 0 Å². The predicted molar refractivity (Wildman–Crippen MR) is 51.2 cm³/mol. The van der Waals surface area contributed by atoms with E-state index in [2.05, 4.69) is 29.8 Å². The Labute approximate surface area is 76.2 Å². The fourth-order valence-electron chi connectivity index (χ4n) is 0.473. The van der Waals surface area contributed by atoms with Gasteiger partial charge in [0.05, 0.1) is 12.1 Å². The van der Waals surface area contributed by atoms with Crippen LogP contribution in [0.5, 0.6) is 0 Å². The topological polar surface area (TPSA) is 38.3 Å². The van der Waals surface area contributed by atoms with E-state index in [0.29, 0.717) is 5.03 Å². The minimum atomic E-state index is -0.499. The van der Waals surface area contributed by atoms with Gasteiger partial charge in [0.15, 0.2) is 0 Å². The monoisotopic (exact) mass is 185 g/mol. The molecule has 0 fully saturated rings. The summed E-state index contributed by atoms with van der Waals surface area (Å²) in [4.78, 5) is 10.8. The maximum atomic E-state index is 10.8. The second-order valence-electron chi connectivity index (χ2n) is 1.80. The van der Waals surface area contributed by atoms with Crippen LogP contribution in [0.25, 0.3) is 0 Å². The van der Waals surface area contributed by atoms with Gasteiger partial charge in [0, 0.05) is 0 Å². The first-order valence-corrected chi connectivity index (χ1v) is 4.00. The first-order valence-electron chi connectivity index (χ1n) is 3.12. The van der Waals surface area contributed by atoms with Crippen molar-refractivity contribution < 1.29 is 9.53 Å². The highest BCUT2D eigenvalue weighted by molar-refractivity contribution is 8.05. The first-order chi connectivity index (χ1) is 5.61. The van der Waals surface area contributed by atoms with Crippen molar-refractivity contribution in [2.75, 3.05) is 7.11 Å². The van der Waals surface area contributed by atoms with Crippen molar-refractivity contribution in [1.82, 2.24) is 5.32 Å². The lowest BCUT2D eigenvalue weighted by molar-refractivity contribution is -0.136. The van der Waals surface area contributed by atoms with Gasteiger partial charge >= 0.3 is 5.97 Å². The van der Waals surface area contributed by atoms with Gasteiger partial charge in [-0.1, -0.05) is 31.5 Å². The summed E-state index contributed by atoms with van der Waals surface area (Å²) < 4.78 is 4.41. The zero-order valence-corrected chi connectivity index (χ0v) is 7.74. The number of thioether (sulfide) groups is 1. The molecule has 0 radical (unpaired) electrons. The Bertz CT molecular complexity index is 223. The Kier molecular flexibility index (Phi) is 4.96. The van der Waals surface area contributed by atoms with Crippen molar-refractivity contribution >= 4 is 17.7 Å². The number of esters is 1. The van der Waals surface area contributed by atoms with E-state index in [1.165, 1.54) is 18.9 Å². The molecule has 0 atom stereocenters. The van der Waals surface area contributed by atoms with Gasteiger partial charge in [-0.2, -0.15) is 0 Å². The quantitative estimate of drug-likeness (QED) is 0.521. The number of carbonyl (C=O) groups is 1. The third kappa shape index (κ3) is 3.88. The van der Waals surface area contributed by atoms with Crippen LogP contribution in [0, 0.1) is 0 Å². The third-order valence-electron chi connectivity index (χ3n) is 0.948. The van der Waals surface area contributed by atoms with Crippen LogP contribution in [0.1, 0.15) is 0 Å². The normalized spacial score (nSPS) is 8.42. The molecule has 0 aliphatic rings. The van der Waals surface area contributed by atoms with Gasteiger partial charge in [-0.05, 0) is 5.41 Å². The minimum Gasteiger partial charge on any atom is -0.464 e. The van der Waals surface area contributed by atoms with Crippen LogP contribution in [0.15, 0.2) is 35.9 Å². The molecule has 0 aromatic carbocycles. The van der Waals surface area contributed by atoms with E-state index in [0.717, 1.165) is 0 Å². The molecular formula is C8H11NO2S. The summed E-state index contributed by atoms with van der Waals surface area (Å²) in [6.07, 6.45) is 0. The number of hydrogen-bond acceptors (Lipinski definition) is 4. The van der Waals surface area contributed by atoms with Gasteiger partial charge in [0.25, 0.3) is 0 Å². The maximum Gasteiger partial charge on any atom is 0.353 e. The van der Waals surface area contributed by atoms with Crippen LogP contribution in [0.3, 0.4) is 0 Å². The number of methoxy groups -OCH3 is 1. The number of nitrogens with one attached hydrogen (secondary N) is 1. The number of hydrogen-bond donors (Lipinski definition) is 1. The van der Waals surface area contributed by atoms with Gasteiger partial charge in [-0.25, -0.2) is 4.79 Å².